The van der Waals surface area contributed by atoms with Crippen LogP contribution in [0.5, 0.6) is 0 Å². The van der Waals surface area contributed by atoms with E-state index in [2.05, 4.69) is 67.7 Å². The van der Waals surface area contributed by atoms with Gasteiger partial charge in [0, 0.05) is 15.8 Å². The Bertz CT molecular complexity index is 1150. The van der Waals surface area contributed by atoms with Gasteiger partial charge < -0.3 is 10.4 Å². The molecule has 34 heavy (non-hydrogen) atoms. The number of rotatable bonds is 7. The maximum atomic E-state index is 13.2. The van der Waals surface area contributed by atoms with Crippen molar-refractivity contribution >= 4 is 23.2 Å². The quantitative estimate of drug-likeness (QED) is 0.407. The van der Waals surface area contributed by atoms with E-state index in [9.17, 15) is 14.7 Å². The number of thiophene rings is 1. The molecule has 0 aliphatic heterocycles. The third-order valence-electron chi connectivity index (χ3n) is 7.05. The van der Waals surface area contributed by atoms with Gasteiger partial charge in [0.25, 0.3) is 5.91 Å². The summed E-state index contributed by atoms with van der Waals surface area (Å²) in [4.78, 5) is 26.7. The highest BCUT2D eigenvalue weighted by atomic mass is 32.1. The highest BCUT2D eigenvalue weighted by Crippen LogP contribution is 2.31. The first-order valence-electron chi connectivity index (χ1n) is 12.2. The second-order valence-corrected chi connectivity index (χ2v) is 10.8. The van der Waals surface area contributed by atoms with Crippen LogP contribution in [0, 0.1) is 19.8 Å². The van der Waals surface area contributed by atoms with Gasteiger partial charge in [-0.15, -0.1) is 11.3 Å². The van der Waals surface area contributed by atoms with Crippen molar-refractivity contribution in [1.29, 1.82) is 0 Å². The van der Waals surface area contributed by atoms with Crippen molar-refractivity contribution in [3.63, 3.8) is 0 Å². The number of hydrogen-bond donors (Lipinski definition) is 2. The second kappa shape index (κ2) is 10.6. The molecule has 0 atom stereocenters. The van der Waals surface area contributed by atoms with Crippen molar-refractivity contribution in [2.75, 3.05) is 0 Å². The van der Waals surface area contributed by atoms with Gasteiger partial charge >= 0.3 is 5.97 Å². The Morgan fingerprint density at radius 3 is 1.97 bits per heavy atom. The lowest BCUT2D eigenvalue weighted by molar-refractivity contribution is -0.142. The molecular formula is C29H33NO3S. The third kappa shape index (κ3) is 5.41. The molecule has 1 saturated carbocycles. The molecule has 1 heterocycles. The lowest BCUT2D eigenvalue weighted by Gasteiger charge is -2.27. The van der Waals surface area contributed by atoms with E-state index in [1.54, 1.807) is 11.3 Å². The highest BCUT2D eigenvalue weighted by molar-refractivity contribution is 7.12. The van der Waals surface area contributed by atoms with E-state index in [0.717, 1.165) is 41.7 Å². The molecule has 0 spiro atoms. The van der Waals surface area contributed by atoms with Crippen LogP contribution in [0.2, 0.25) is 0 Å². The van der Waals surface area contributed by atoms with Crippen molar-refractivity contribution in [3.8, 4) is 11.1 Å². The van der Waals surface area contributed by atoms with Gasteiger partial charge in [-0.2, -0.15) is 0 Å². The number of hydrogen-bond acceptors (Lipinski definition) is 3. The molecule has 0 saturated heterocycles. The smallest absolute Gasteiger partial charge is 0.306 e. The van der Waals surface area contributed by atoms with Crippen LogP contribution in [-0.2, 0) is 17.6 Å². The lowest BCUT2D eigenvalue weighted by atomic mass is 9.86. The van der Waals surface area contributed by atoms with E-state index in [0.29, 0.717) is 12.8 Å². The molecule has 4 nitrogen and oxygen atoms in total. The van der Waals surface area contributed by atoms with Crippen molar-refractivity contribution in [2.45, 2.75) is 65.3 Å². The highest BCUT2D eigenvalue weighted by Gasteiger charge is 2.28. The summed E-state index contributed by atoms with van der Waals surface area (Å²) >= 11 is 1.67. The van der Waals surface area contributed by atoms with Gasteiger partial charge in [0.05, 0.1) is 11.5 Å². The first-order valence-corrected chi connectivity index (χ1v) is 13.0. The average molecular weight is 476 g/mol. The molecule has 2 aromatic carbocycles. The number of aryl methyl sites for hydroxylation is 3. The number of carboxylic acids is 1. The summed E-state index contributed by atoms with van der Waals surface area (Å²) in [5.41, 5.74) is 6.82. The topological polar surface area (TPSA) is 66.4 Å². The number of benzene rings is 2. The van der Waals surface area contributed by atoms with Gasteiger partial charge in [0.15, 0.2) is 0 Å². The minimum atomic E-state index is -0.722. The predicted octanol–water partition coefficient (Wildman–Crippen LogP) is 6.56. The molecular weight excluding hydrogens is 442 g/mol. The normalized spacial score (nSPS) is 18.0. The zero-order valence-corrected chi connectivity index (χ0v) is 21.0. The van der Waals surface area contributed by atoms with Gasteiger partial charge in [-0.25, -0.2) is 0 Å². The van der Waals surface area contributed by atoms with Crippen LogP contribution in [0.4, 0.5) is 0 Å². The maximum Gasteiger partial charge on any atom is 0.306 e. The van der Waals surface area contributed by atoms with Crippen LogP contribution < -0.4 is 5.32 Å². The first kappa shape index (κ1) is 24.2. The Kier molecular flexibility index (Phi) is 7.52. The SMILES string of the molecule is CCc1ccc(-c2ccc(Cc3c(C)sc(C)c3C(=O)NC3CCC(C(=O)O)CC3)cc2)cc1. The predicted molar refractivity (Wildman–Crippen MR) is 139 cm³/mol. The van der Waals surface area contributed by atoms with Crippen LogP contribution in [-0.4, -0.2) is 23.0 Å². The van der Waals surface area contributed by atoms with Crippen LogP contribution >= 0.6 is 11.3 Å². The van der Waals surface area contributed by atoms with Gasteiger partial charge in [-0.05, 0) is 80.2 Å². The fourth-order valence-corrected chi connectivity index (χ4v) is 6.01. The van der Waals surface area contributed by atoms with Crippen molar-refractivity contribution < 1.29 is 14.7 Å². The van der Waals surface area contributed by atoms with Crippen molar-refractivity contribution in [3.05, 3.63) is 80.5 Å². The summed E-state index contributed by atoms with van der Waals surface area (Å²) < 4.78 is 0. The molecule has 178 valence electrons. The van der Waals surface area contributed by atoms with Crippen LogP contribution in [0.15, 0.2) is 48.5 Å². The number of carboxylic acid groups (broad SMARTS) is 1. The molecule has 4 rings (SSSR count). The Hall–Kier alpha value is -2.92. The minimum Gasteiger partial charge on any atom is -0.481 e. The molecule has 3 aromatic rings. The molecule has 1 aliphatic rings. The van der Waals surface area contributed by atoms with Crippen LogP contribution in [0.3, 0.4) is 0 Å². The summed E-state index contributed by atoms with van der Waals surface area (Å²) in [7, 11) is 0. The third-order valence-corrected chi connectivity index (χ3v) is 8.12. The van der Waals surface area contributed by atoms with Gasteiger partial charge in [-0.1, -0.05) is 55.5 Å². The molecule has 0 bridgehead atoms. The van der Waals surface area contributed by atoms with Crippen molar-refractivity contribution in [2.24, 2.45) is 5.92 Å². The second-order valence-electron chi connectivity index (χ2n) is 9.35. The number of carbonyl (C=O) groups is 2. The van der Waals surface area contributed by atoms with E-state index in [4.69, 9.17) is 0 Å². The number of aliphatic carboxylic acids is 1. The number of amides is 1. The molecule has 1 aliphatic carbocycles. The van der Waals surface area contributed by atoms with Crippen LogP contribution in [0.1, 0.15) is 69.4 Å². The first-order chi connectivity index (χ1) is 16.4. The van der Waals surface area contributed by atoms with E-state index in [-0.39, 0.29) is 17.9 Å². The van der Waals surface area contributed by atoms with E-state index in [1.165, 1.54) is 27.1 Å². The number of nitrogens with one attached hydrogen (secondary N) is 1. The summed E-state index contributed by atoms with van der Waals surface area (Å²) in [6.07, 6.45) is 4.46. The Labute approximate surface area is 206 Å². The monoisotopic (exact) mass is 475 g/mol. The van der Waals surface area contributed by atoms with Crippen LogP contribution in [0.25, 0.3) is 11.1 Å². The van der Waals surface area contributed by atoms with E-state index < -0.39 is 5.97 Å². The average Bonchev–Trinajstić information content (AvgIpc) is 3.12. The molecule has 1 aromatic heterocycles. The van der Waals surface area contributed by atoms with E-state index >= 15 is 0 Å². The standard InChI is InChI=1S/C29H33NO3S/c1-4-20-5-9-22(10-6-20)23-11-7-21(8-12-23)17-26-18(2)34-19(3)27(26)28(31)30-25-15-13-24(14-16-25)29(32)33/h5-12,24-25H,4,13-17H2,1-3H3,(H,30,31)(H,32,33). The lowest BCUT2D eigenvalue weighted by Crippen LogP contribution is -2.39. The zero-order valence-electron chi connectivity index (χ0n) is 20.2. The van der Waals surface area contributed by atoms with Gasteiger partial charge in [0.2, 0.25) is 0 Å². The molecule has 2 N–H and O–H groups in total. The van der Waals surface area contributed by atoms with Crippen molar-refractivity contribution in [1.82, 2.24) is 5.32 Å². The molecule has 5 heteroatoms. The van der Waals surface area contributed by atoms with E-state index in [1.807, 2.05) is 6.92 Å². The summed E-state index contributed by atoms with van der Waals surface area (Å²) in [6, 6.07) is 17.4. The molecule has 1 fully saturated rings. The zero-order chi connectivity index (χ0) is 24.2. The summed E-state index contributed by atoms with van der Waals surface area (Å²) in [5, 5.41) is 12.4. The fraction of sp³-hybridized carbons (Fsp3) is 0.379. The molecule has 1 amide bonds. The Morgan fingerprint density at radius 2 is 1.44 bits per heavy atom. The molecule has 0 radical (unpaired) electrons. The van der Waals surface area contributed by atoms with Gasteiger partial charge in [-0.3, -0.25) is 9.59 Å². The van der Waals surface area contributed by atoms with Gasteiger partial charge in [0.1, 0.15) is 0 Å². The largest absolute Gasteiger partial charge is 0.481 e. The Morgan fingerprint density at radius 1 is 0.882 bits per heavy atom. The minimum absolute atomic E-state index is 0.0248. The molecule has 0 unspecified atom stereocenters. The fourth-order valence-electron chi connectivity index (χ4n) is 4.93. The maximum absolute atomic E-state index is 13.2. The number of carbonyl (C=O) groups excluding carboxylic acids is 1. The summed E-state index contributed by atoms with van der Waals surface area (Å²) in [6.45, 7) is 6.27. The summed E-state index contributed by atoms with van der Waals surface area (Å²) in [5.74, 6) is -1.02. The Balaban J connectivity index is 1.46.